The summed E-state index contributed by atoms with van der Waals surface area (Å²) < 4.78 is 22.5. The zero-order valence-corrected chi connectivity index (χ0v) is 37.4. The maximum absolute atomic E-state index is 12.9. The maximum Gasteiger partial charge on any atom is 0.220 e. The first-order valence-electron chi connectivity index (χ1n) is 23.7. The first-order chi connectivity index (χ1) is 29.6. The van der Waals surface area contributed by atoms with Crippen LogP contribution in [0.1, 0.15) is 162 Å². The normalized spacial score (nSPS) is 28.3. The second-order valence-corrected chi connectivity index (χ2v) is 16.9. The summed E-state index contributed by atoms with van der Waals surface area (Å²) in [6.45, 7) is 2.64. The molecule has 2 aliphatic rings. The minimum Gasteiger partial charge on any atom is -0.394 e. The minimum absolute atomic E-state index is 0.265. The predicted octanol–water partition coefficient (Wildman–Crippen LogP) is 5.15. The third kappa shape index (κ3) is 22.6. The van der Waals surface area contributed by atoms with Crippen LogP contribution in [0.15, 0.2) is 36.5 Å². The third-order valence-corrected chi connectivity index (χ3v) is 11.6. The average molecular weight is 872 g/mol. The van der Waals surface area contributed by atoms with Crippen molar-refractivity contribution < 1.29 is 64.6 Å². The summed E-state index contributed by atoms with van der Waals surface area (Å²) in [4.78, 5) is 12.9. The van der Waals surface area contributed by atoms with E-state index in [1.165, 1.54) is 77.0 Å². The summed E-state index contributed by atoms with van der Waals surface area (Å²) in [6, 6.07) is -0.930. The molecule has 0 aromatic carbocycles. The molecule has 12 atom stereocenters. The summed E-state index contributed by atoms with van der Waals surface area (Å²) in [5, 5.41) is 86.1. The molecule has 0 saturated carbocycles. The van der Waals surface area contributed by atoms with Crippen molar-refractivity contribution in [3.63, 3.8) is 0 Å². The molecular formula is C47H85NO13. The lowest BCUT2D eigenvalue weighted by atomic mass is 9.97. The van der Waals surface area contributed by atoms with Gasteiger partial charge in [-0.1, -0.05) is 147 Å². The largest absolute Gasteiger partial charge is 0.394 e. The van der Waals surface area contributed by atoms with Gasteiger partial charge in [0.2, 0.25) is 5.91 Å². The summed E-state index contributed by atoms with van der Waals surface area (Å²) in [7, 11) is 0. The van der Waals surface area contributed by atoms with Crippen LogP contribution in [-0.2, 0) is 23.7 Å². The first kappa shape index (κ1) is 55.3. The van der Waals surface area contributed by atoms with Gasteiger partial charge in [0.05, 0.1) is 32.0 Å². The molecule has 2 rings (SSSR count). The molecule has 356 valence electrons. The number of rotatable bonds is 35. The van der Waals surface area contributed by atoms with Crippen LogP contribution < -0.4 is 5.32 Å². The summed E-state index contributed by atoms with van der Waals surface area (Å²) in [6.07, 6.45) is 21.2. The van der Waals surface area contributed by atoms with Crippen LogP contribution in [0.5, 0.6) is 0 Å². The molecule has 14 heteroatoms. The number of unbranched alkanes of at least 4 members (excludes halogenated alkanes) is 18. The highest BCUT2D eigenvalue weighted by Gasteiger charge is 2.50. The van der Waals surface area contributed by atoms with Crippen LogP contribution in [0, 0.1) is 0 Å². The monoisotopic (exact) mass is 872 g/mol. The second-order valence-electron chi connectivity index (χ2n) is 16.9. The zero-order chi connectivity index (χ0) is 44.7. The Balaban J connectivity index is 1.80. The van der Waals surface area contributed by atoms with E-state index in [2.05, 4.69) is 43.5 Å². The van der Waals surface area contributed by atoms with Gasteiger partial charge in [-0.3, -0.25) is 4.79 Å². The summed E-state index contributed by atoms with van der Waals surface area (Å²) in [5.41, 5.74) is 0. The van der Waals surface area contributed by atoms with Crippen LogP contribution in [-0.4, -0.2) is 140 Å². The fraction of sp³-hybridized carbons (Fsp3) is 0.851. The van der Waals surface area contributed by atoms with Gasteiger partial charge in [-0.2, -0.15) is 0 Å². The highest BCUT2D eigenvalue weighted by Crippen LogP contribution is 2.30. The number of aliphatic hydroxyl groups is 8. The second kappa shape index (κ2) is 34.6. The SMILES string of the molecule is CCCCCCCCCCCCCC/C=C/CC/C=C/CC/C=C/C(O)C(COC1OC(CO)C(OC2OC(CO)C(O)C(O)C2O)C(O)C1O)NC(=O)CCCCCCC. The Morgan fingerprint density at radius 1 is 0.574 bits per heavy atom. The van der Waals surface area contributed by atoms with Crippen molar-refractivity contribution in [1.29, 1.82) is 0 Å². The Bertz CT molecular complexity index is 1170. The minimum atomic E-state index is -1.79. The molecule has 2 aliphatic heterocycles. The number of aliphatic hydroxyl groups excluding tert-OH is 8. The van der Waals surface area contributed by atoms with Crippen LogP contribution >= 0.6 is 0 Å². The number of carbonyl (C=O) groups is 1. The molecule has 2 fully saturated rings. The molecule has 0 aliphatic carbocycles. The molecule has 0 aromatic rings. The quantitative estimate of drug-likeness (QED) is 0.0297. The smallest absolute Gasteiger partial charge is 0.220 e. The Morgan fingerprint density at radius 3 is 1.61 bits per heavy atom. The third-order valence-electron chi connectivity index (χ3n) is 11.6. The molecule has 61 heavy (non-hydrogen) atoms. The molecule has 0 aromatic heterocycles. The van der Waals surface area contributed by atoms with Crippen molar-refractivity contribution in [2.24, 2.45) is 0 Å². The van der Waals surface area contributed by atoms with E-state index in [9.17, 15) is 45.6 Å². The molecule has 0 bridgehead atoms. The molecule has 1 amide bonds. The molecule has 14 nitrogen and oxygen atoms in total. The summed E-state index contributed by atoms with van der Waals surface area (Å²) >= 11 is 0. The predicted molar refractivity (Wildman–Crippen MR) is 235 cm³/mol. The van der Waals surface area contributed by atoms with E-state index in [1.807, 2.05) is 6.08 Å². The number of ether oxygens (including phenoxy) is 4. The van der Waals surface area contributed by atoms with Crippen molar-refractivity contribution >= 4 is 5.91 Å². The molecule has 12 unspecified atom stereocenters. The number of nitrogens with one attached hydrogen (secondary N) is 1. The Hall–Kier alpha value is -1.79. The van der Waals surface area contributed by atoms with Crippen LogP contribution in [0.3, 0.4) is 0 Å². The Morgan fingerprint density at radius 2 is 1.05 bits per heavy atom. The zero-order valence-electron chi connectivity index (χ0n) is 37.4. The first-order valence-corrected chi connectivity index (χ1v) is 23.7. The van der Waals surface area contributed by atoms with Crippen LogP contribution in [0.4, 0.5) is 0 Å². The van der Waals surface area contributed by atoms with Gasteiger partial charge in [-0.25, -0.2) is 0 Å². The standard InChI is InChI=1S/C47H85NO13/c1-3-5-7-9-10-11-12-13-14-15-16-17-18-19-20-21-22-23-24-25-27-28-30-36(51)35(48-39(52)31-29-26-8-6-4-2)34-58-46-44(57)42(55)45(38(33-50)60-46)61-47-43(56)41(54)40(53)37(32-49)59-47/h19-20,23-24,28,30,35-38,40-47,49-51,53-57H,3-18,21-22,25-27,29,31-34H2,1-2H3,(H,48,52)/b20-19+,24-23+,30-28+. The fourth-order valence-corrected chi connectivity index (χ4v) is 7.61. The van der Waals surface area contributed by atoms with Crippen molar-refractivity contribution in [3.05, 3.63) is 36.5 Å². The number of carbonyl (C=O) groups excluding carboxylic acids is 1. The fourth-order valence-electron chi connectivity index (χ4n) is 7.61. The van der Waals surface area contributed by atoms with Crippen molar-refractivity contribution in [2.75, 3.05) is 19.8 Å². The highest BCUT2D eigenvalue weighted by atomic mass is 16.7. The number of hydrogen-bond donors (Lipinski definition) is 9. The number of amides is 1. The molecule has 0 radical (unpaired) electrons. The molecule has 2 saturated heterocycles. The van der Waals surface area contributed by atoms with Gasteiger partial charge in [0.1, 0.15) is 48.8 Å². The Kier molecular flexibility index (Phi) is 31.4. The van der Waals surface area contributed by atoms with E-state index in [0.717, 1.165) is 51.4 Å². The molecule has 9 N–H and O–H groups in total. The topological polar surface area (TPSA) is 228 Å². The van der Waals surface area contributed by atoms with E-state index in [-0.39, 0.29) is 18.9 Å². The highest BCUT2D eigenvalue weighted by molar-refractivity contribution is 5.76. The van der Waals surface area contributed by atoms with Gasteiger partial charge in [0.25, 0.3) is 0 Å². The number of allylic oxidation sites excluding steroid dienone is 5. The van der Waals surface area contributed by atoms with Gasteiger partial charge in [-0.05, 0) is 44.9 Å². The van der Waals surface area contributed by atoms with Crippen LogP contribution in [0.2, 0.25) is 0 Å². The average Bonchev–Trinajstić information content (AvgIpc) is 3.26. The van der Waals surface area contributed by atoms with Crippen LogP contribution in [0.25, 0.3) is 0 Å². The maximum atomic E-state index is 12.9. The van der Waals surface area contributed by atoms with E-state index < -0.39 is 86.8 Å². The number of hydrogen-bond acceptors (Lipinski definition) is 13. The van der Waals surface area contributed by atoms with Gasteiger partial charge >= 0.3 is 0 Å². The van der Waals surface area contributed by atoms with Gasteiger partial charge in [0, 0.05) is 6.42 Å². The lowest BCUT2D eigenvalue weighted by molar-refractivity contribution is -0.359. The van der Waals surface area contributed by atoms with Gasteiger partial charge in [-0.15, -0.1) is 0 Å². The molecule has 0 spiro atoms. The molecular weight excluding hydrogens is 787 g/mol. The van der Waals surface area contributed by atoms with Crippen molar-refractivity contribution in [3.8, 4) is 0 Å². The van der Waals surface area contributed by atoms with E-state index >= 15 is 0 Å². The van der Waals surface area contributed by atoms with E-state index in [4.69, 9.17) is 18.9 Å². The summed E-state index contributed by atoms with van der Waals surface area (Å²) in [5.74, 6) is -0.269. The Labute approximate surface area is 366 Å². The van der Waals surface area contributed by atoms with Gasteiger partial charge in [0.15, 0.2) is 12.6 Å². The lowest BCUT2D eigenvalue weighted by Crippen LogP contribution is -2.65. The van der Waals surface area contributed by atoms with Crippen molar-refractivity contribution in [2.45, 2.75) is 235 Å². The van der Waals surface area contributed by atoms with E-state index in [1.54, 1.807) is 6.08 Å². The lowest BCUT2D eigenvalue weighted by Gasteiger charge is -2.46. The van der Waals surface area contributed by atoms with Gasteiger partial charge < -0.3 is 65.1 Å². The van der Waals surface area contributed by atoms with Crippen molar-refractivity contribution in [1.82, 2.24) is 5.32 Å². The molecule has 2 heterocycles. The van der Waals surface area contributed by atoms with E-state index in [0.29, 0.717) is 12.8 Å².